The molecule has 2 aromatic heterocycles. The molecule has 0 aliphatic carbocycles. The van der Waals surface area contributed by atoms with E-state index in [9.17, 15) is 4.79 Å². The zero-order valence-electron chi connectivity index (χ0n) is 12.6. The van der Waals surface area contributed by atoms with Crippen molar-refractivity contribution < 1.29 is 9.53 Å². The highest BCUT2D eigenvalue weighted by atomic mass is 16.5. The topological polar surface area (TPSA) is 73.1 Å². The molecule has 7 heteroatoms. The third kappa shape index (κ3) is 3.30. The van der Waals surface area contributed by atoms with Gasteiger partial charge in [0.2, 0.25) is 5.91 Å². The Morgan fingerprint density at radius 2 is 2.32 bits per heavy atom. The average molecular weight is 301 g/mol. The lowest BCUT2D eigenvalue weighted by Crippen LogP contribution is -2.42. The van der Waals surface area contributed by atoms with Gasteiger partial charge in [-0.25, -0.2) is 0 Å². The molecule has 3 heterocycles. The van der Waals surface area contributed by atoms with Gasteiger partial charge in [-0.15, -0.1) is 0 Å². The van der Waals surface area contributed by atoms with Gasteiger partial charge < -0.3 is 9.64 Å². The fourth-order valence-corrected chi connectivity index (χ4v) is 2.57. The van der Waals surface area contributed by atoms with Gasteiger partial charge in [-0.05, 0) is 12.5 Å². The monoisotopic (exact) mass is 301 g/mol. The maximum Gasteiger partial charge on any atom is 0.223 e. The van der Waals surface area contributed by atoms with Crippen LogP contribution in [0, 0.1) is 0 Å². The highest BCUT2D eigenvalue weighted by molar-refractivity contribution is 5.76. The first-order chi connectivity index (χ1) is 10.7. The van der Waals surface area contributed by atoms with E-state index in [1.54, 1.807) is 29.5 Å². The molecule has 0 bridgehead atoms. The Morgan fingerprint density at radius 3 is 3.05 bits per heavy atom. The molecule has 1 aliphatic heterocycles. The van der Waals surface area contributed by atoms with Crippen molar-refractivity contribution in [3.8, 4) is 0 Å². The van der Waals surface area contributed by atoms with Gasteiger partial charge in [0.15, 0.2) is 0 Å². The van der Waals surface area contributed by atoms with Crippen molar-refractivity contribution in [1.29, 1.82) is 0 Å². The number of carbonyl (C=O) groups is 1. The molecule has 1 atom stereocenters. The standard InChI is InChI=1S/C15H19N5O2/c1-19-12(4-5-18-19)2-3-15(21)20-8-9-22-14(11-20)13-10-16-6-7-17-13/h4-7,10,14H,2-3,8-9,11H2,1H3. The van der Waals surface area contributed by atoms with Crippen LogP contribution in [0.2, 0.25) is 0 Å². The Kier molecular flexibility index (Phi) is 4.43. The highest BCUT2D eigenvalue weighted by Crippen LogP contribution is 2.20. The SMILES string of the molecule is Cn1nccc1CCC(=O)N1CCOC(c2cnccn2)C1. The van der Waals surface area contributed by atoms with Crippen LogP contribution in [0.4, 0.5) is 0 Å². The summed E-state index contributed by atoms with van der Waals surface area (Å²) in [6.45, 7) is 1.68. The lowest BCUT2D eigenvalue weighted by Gasteiger charge is -2.32. The summed E-state index contributed by atoms with van der Waals surface area (Å²) in [6, 6.07) is 1.94. The van der Waals surface area contributed by atoms with Crippen LogP contribution in [-0.2, 0) is 23.0 Å². The fourth-order valence-electron chi connectivity index (χ4n) is 2.57. The molecule has 0 spiro atoms. The smallest absolute Gasteiger partial charge is 0.223 e. The number of aromatic nitrogens is 4. The number of amides is 1. The molecule has 116 valence electrons. The van der Waals surface area contributed by atoms with Gasteiger partial charge in [-0.3, -0.25) is 19.4 Å². The van der Waals surface area contributed by atoms with E-state index in [1.807, 2.05) is 18.0 Å². The lowest BCUT2D eigenvalue weighted by molar-refractivity contribution is -0.139. The Balaban J connectivity index is 1.57. The largest absolute Gasteiger partial charge is 0.368 e. The normalized spacial score (nSPS) is 18.4. The maximum atomic E-state index is 12.4. The van der Waals surface area contributed by atoms with Crippen LogP contribution in [0.5, 0.6) is 0 Å². The summed E-state index contributed by atoms with van der Waals surface area (Å²) < 4.78 is 7.50. The van der Waals surface area contributed by atoms with E-state index in [0.717, 1.165) is 11.4 Å². The van der Waals surface area contributed by atoms with E-state index >= 15 is 0 Å². The second-order valence-electron chi connectivity index (χ2n) is 5.28. The minimum absolute atomic E-state index is 0.137. The van der Waals surface area contributed by atoms with E-state index in [0.29, 0.717) is 32.5 Å². The Bertz CT molecular complexity index is 628. The molecule has 0 radical (unpaired) electrons. The van der Waals surface area contributed by atoms with Gasteiger partial charge in [-0.2, -0.15) is 5.10 Å². The van der Waals surface area contributed by atoms with Crippen LogP contribution < -0.4 is 0 Å². The van der Waals surface area contributed by atoms with Crippen LogP contribution in [-0.4, -0.2) is 50.3 Å². The van der Waals surface area contributed by atoms with Crippen LogP contribution in [0.25, 0.3) is 0 Å². The Labute approximate surface area is 128 Å². The van der Waals surface area contributed by atoms with Gasteiger partial charge in [0, 0.05) is 44.3 Å². The van der Waals surface area contributed by atoms with Gasteiger partial charge in [0.25, 0.3) is 0 Å². The number of ether oxygens (including phenoxy) is 1. The molecule has 1 saturated heterocycles. The molecule has 7 nitrogen and oxygen atoms in total. The van der Waals surface area contributed by atoms with Gasteiger partial charge in [0.05, 0.1) is 25.0 Å². The first-order valence-corrected chi connectivity index (χ1v) is 7.36. The van der Waals surface area contributed by atoms with Gasteiger partial charge in [-0.1, -0.05) is 0 Å². The summed E-state index contributed by atoms with van der Waals surface area (Å²) in [6.07, 6.45) is 7.69. The number of aryl methyl sites for hydroxylation is 2. The van der Waals surface area contributed by atoms with Gasteiger partial charge >= 0.3 is 0 Å². The Hall–Kier alpha value is -2.28. The third-order valence-corrected chi connectivity index (χ3v) is 3.85. The molecule has 0 N–H and O–H groups in total. The van der Waals surface area contributed by atoms with Crippen LogP contribution >= 0.6 is 0 Å². The van der Waals surface area contributed by atoms with Crippen molar-refractivity contribution in [2.24, 2.45) is 7.05 Å². The predicted molar refractivity (Wildman–Crippen MR) is 78.8 cm³/mol. The van der Waals surface area contributed by atoms with E-state index in [4.69, 9.17) is 4.74 Å². The molecule has 22 heavy (non-hydrogen) atoms. The highest BCUT2D eigenvalue weighted by Gasteiger charge is 2.26. The molecule has 3 rings (SSSR count). The van der Waals surface area contributed by atoms with E-state index < -0.39 is 0 Å². The van der Waals surface area contributed by atoms with Crippen molar-refractivity contribution in [3.05, 3.63) is 42.2 Å². The molecule has 1 aliphatic rings. The molecule has 0 aromatic carbocycles. The second kappa shape index (κ2) is 6.65. The summed E-state index contributed by atoms with van der Waals surface area (Å²) in [5, 5.41) is 4.12. The minimum atomic E-state index is -0.192. The van der Waals surface area contributed by atoms with Crippen molar-refractivity contribution in [1.82, 2.24) is 24.6 Å². The van der Waals surface area contributed by atoms with Crippen molar-refractivity contribution in [3.63, 3.8) is 0 Å². The lowest BCUT2D eigenvalue weighted by atomic mass is 10.1. The van der Waals surface area contributed by atoms with Gasteiger partial charge in [0.1, 0.15) is 6.10 Å². The fraction of sp³-hybridized carbons (Fsp3) is 0.467. The summed E-state index contributed by atoms with van der Waals surface area (Å²) in [5.41, 5.74) is 1.83. The number of hydrogen-bond donors (Lipinski definition) is 0. The van der Waals surface area contributed by atoms with Crippen molar-refractivity contribution in [2.45, 2.75) is 18.9 Å². The van der Waals surface area contributed by atoms with E-state index in [1.165, 1.54) is 0 Å². The third-order valence-electron chi connectivity index (χ3n) is 3.85. The predicted octanol–water partition coefficient (Wildman–Crippen LogP) is 0.743. The average Bonchev–Trinajstić information content (AvgIpc) is 2.99. The van der Waals surface area contributed by atoms with Crippen LogP contribution in [0.15, 0.2) is 30.9 Å². The van der Waals surface area contributed by atoms with Crippen LogP contribution in [0.3, 0.4) is 0 Å². The number of rotatable bonds is 4. The molecule has 2 aromatic rings. The second-order valence-corrected chi connectivity index (χ2v) is 5.28. The summed E-state index contributed by atoms with van der Waals surface area (Å²) >= 11 is 0. The summed E-state index contributed by atoms with van der Waals surface area (Å²) in [7, 11) is 1.89. The Morgan fingerprint density at radius 1 is 1.41 bits per heavy atom. The molecular weight excluding hydrogens is 282 g/mol. The maximum absolute atomic E-state index is 12.4. The van der Waals surface area contributed by atoms with Crippen molar-refractivity contribution >= 4 is 5.91 Å². The molecule has 1 unspecified atom stereocenters. The van der Waals surface area contributed by atoms with Crippen LogP contribution in [0.1, 0.15) is 23.9 Å². The molecule has 1 fully saturated rings. The number of morpholine rings is 1. The molecule has 0 saturated carbocycles. The first kappa shape index (κ1) is 14.6. The zero-order valence-corrected chi connectivity index (χ0v) is 12.6. The quantitative estimate of drug-likeness (QED) is 0.833. The van der Waals surface area contributed by atoms with E-state index in [2.05, 4.69) is 15.1 Å². The first-order valence-electron chi connectivity index (χ1n) is 7.36. The molecular formula is C15H19N5O2. The summed E-state index contributed by atoms with van der Waals surface area (Å²) in [4.78, 5) is 22.5. The minimum Gasteiger partial charge on any atom is -0.368 e. The number of hydrogen-bond acceptors (Lipinski definition) is 5. The summed E-state index contributed by atoms with van der Waals surface area (Å²) in [5.74, 6) is 0.137. The van der Waals surface area contributed by atoms with Crippen molar-refractivity contribution in [2.75, 3.05) is 19.7 Å². The number of nitrogens with zero attached hydrogens (tertiary/aromatic N) is 5. The molecule has 1 amide bonds. The van der Waals surface area contributed by atoms with E-state index in [-0.39, 0.29) is 12.0 Å². The zero-order chi connectivity index (χ0) is 15.4. The number of carbonyl (C=O) groups excluding carboxylic acids is 1.